The van der Waals surface area contributed by atoms with Gasteiger partial charge in [-0.3, -0.25) is 10.2 Å². The van der Waals surface area contributed by atoms with Gasteiger partial charge in [0.25, 0.3) is 5.91 Å². The van der Waals surface area contributed by atoms with Crippen molar-refractivity contribution in [3.05, 3.63) is 102 Å². The highest BCUT2D eigenvalue weighted by molar-refractivity contribution is 7.14. The van der Waals surface area contributed by atoms with Gasteiger partial charge in [0, 0.05) is 15.7 Å². The number of carbonyl (C=O) groups excluding carboxylic acids is 2. The lowest BCUT2D eigenvalue weighted by atomic mass is 9.97. The van der Waals surface area contributed by atoms with Crippen LogP contribution < -0.4 is 10.9 Å². The lowest BCUT2D eigenvalue weighted by Crippen LogP contribution is -2.42. The fourth-order valence-electron chi connectivity index (χ4n) is 5.92. The van der Waals surface area contributed by atoms with E-state index in [1.54, 1.807) is 6.07 Å². The second-order valence-corrected chi connectivity index (χ2v) is 12.7. The number of nitrogens with one attached hydrogen (secondary N) is 2. The average Bonchev–Trinajstić information content (AvgIpc) is 3.74. The van der Waals surface area contributed by atoms with Crippen LogP contribution >= 0.6 is 22.7 Å². The Bertz CT molecular complexity index is 1690. The molecule has 0 unspecified atom stereocenters. The number of allylic oxidation sites excluding steroid dienone is 2. The summed E-state index contributed by atoms with van der Waals surface area (Å²) in [4.78, 5) is 39.8. The first-order valence-corrected chi connectivity index (χ1v) is 15.0. The predicted molar refractivity (Wildman–Crippen MR) is 161 cm³/mol. The minimum atomic E-state index is -0.918. The molecule has 2 heterocycles. The Hall–Kier alpha value is -4.21. The van der Waals surface area contributed by atoms with Crippen molar-refractivity contribution in [1.82, 2.24) is 10.9 Å². The Kier molecular flexibility index (Phi) is 7.23. The van der Waals surface area contributed by atoms with Gasteiger partial charge >= 0.3 is 12.1 Å². The molecule has 2 aliphatic rings. The molecule has 0 bridgehead atoms. The quantitative estimate of drug-likeness (QED) is 0.205. The van der Waals surface area contributed by atoms with E-state index in [4.69, 9.17) is 4.74 Å². The number of hydrazine groups is 1. The minimum absolute atomic E-state index is 0.0707. The van der Waals surface area contributed by atoms with Crippen molar-refractivity contribution >= 4 is 51.8 Å². The van der Waals surface area contributed by atoms with Crippen LogP contribution in [0.1, 0.15) is 76.5 Å². The summed E-state index contributed by atoms with van der Waals surface area (Å²) in [6.45, 7) is 4.08. The number of hydrogen-bond acceptors (Lipinski definition) is 6. The number of carboxylic acid groups (broad SMARTS) is 1. The lowest BCUT2D eigenvalue weighted by molar-refractivity contribution is 0.0701. The number of rotatable bonds is 6. The first-order chi connectivity index (χ1) is 19.8. The van der Waals surface area contributed by atoms with E-state index >= 15 is 0 Å². The van der Waals surface area contributed by atoms with Crippen molar-refractivity contribution in [3.63, 3.8) is 0 Å². The van der Waals surface area contributed by atoms with E-state index in [9.17, 15) is 19.5 Å². The van der Waals surface area contributed by atoms with Crippen molar-refractivity contribution in [1.29, 1.82) is 0 Å². The van der Waals surface area contributed by atoms with Crippen LogP contribution in [-0.2, 0) is 4.74 Å². The third-order valence-corrected chi connectivity index (χ3v) is 9.85. The van der Waals surface area contributed by atoms with Crippen LogP contribution in [0.5, 0.6) is 0 Å². The third-order valence-electron chi connectivity index (χ3n) is 7.76. The number of thiophene rings is 2. The largest absolute Gasteiger partial charge is 0.477 e. The van der Waals surface area contributed by atoms with Crippen LogP contribution in [-0.4, -0.2) is 29.7 Å². The van der Waals surface area contributed by atoms with Crippen LogP contribution in [0.3, 0.4) is 0 Å². The molecule has 0 radical (unpaired) electrons. The summed E-state index contributed by atoms with van der Waals surface area (Å²) in [7, 11) is 0. The molecule has 2 aromatic heterocycles. The zero-order valence-corrected chi connectivity index (χ0v) is 24.2. The van der Waals surface area contributed by atoms with Gasteiger partial charge < -0.3 is 9.84 Å². The van der Waals surface area contributed by atoms with E-state index in [0.29, 0.717) is 9.75 Å². The van der Waals surface area contributed by atoms with Gasteiger partial charge in [-0.05, 0) is 89.8 Å². The van der Waals surface area contributed by atoms with Crippen LogP contribution in [0.25, 0.3) is 22.3 Å². The molecule has 2 aromatic carbocycles. The van der Waals surface area contributed by atoms with Crippen LogP contribution in [0.4, 0.5) is 4.79 Å². The van der Waals surface area contributed by atoms with Gasteiger partial charge in [-0.25, -0.2) is 15.0 Å². The van der Waals surface area contributed by atoms with Crippen molar-refractivity contribution in [2.45, 2.75) is 39.0 Å². The molecule has 0 aliphatic heterocycles. The van der Waals surface area contributed by atoms with Crippen molar-refractivity contribution < 1.29 is 24.2 Å². The number of hydrogen-bond donors (Lipinski definition) is 3. The number of amides is 2. The molecule has 208 valence electrons. The minimum Gasteiger partial charge on any atom is -0.477 e. The maximum atomic E-state index is 13.0. The molecule has 7 nitrogen and oxygen atoms in total. The molecule has 0 saturated carbocycles. The summed E-state index contributed by atoms with van der Waals surface area (Å²) in [6.07, 6.45) is 1.98. The highest BCUT2D eigenvalue weighted by Crippen LogP contribution is 2.46. The Balaban J connectivity index is 1.12. The average molecular weight is 585 g/mol. The second kappa shape index (κ2) is 11.0. The summed E-state index contributed by atoms with van der Waals surface area (Å²) >= 11 is 2.65. The molecule has 3 N–H and O–H groups in total. The van der Waals surface area contributed by atoms with E-state index in [1.807, 2.05) is 44.2 Å². The van der Waals surface area contributed by atoms with Gasteiger partial charge in [0.1, 0.15) is 11.5 Å². The highest BCUT2D eigenvalue weighted by Gasteiger charge is 2.29. The molecule has 4 aromatic rings. The van der Waals surface area contributed by atoms with Gasteiger partial charge in [0.05, 0.1) is 4.88 Å². The normalized spacial score (nSPS) is 14.1. The predicted octanol–water partition coefficient (Wildman–Crippen LogP) is 7.40. The molecule has 0 spiro atoms. The van der Waals surface area contributed by atoms with Crippen molar-refractivity contribution in [3.8, 4) is 11.1 Å². The molecular formula is C32H28N2O5S2. The van der Waals surface area contributed by atoms with Crippen LogP contribution in [0.15, 0.2) is 60.7 Å². The van der Waals surface area contributed by atoms with Gasteiger partial charge in [0.15, 0.2) is 0 Å². The highest BCUT2D eigenvalue weighted by atomic mass is 32.1. The van der Waals surface area contributed by atoms with E-state index in [1.165, 1.54) is 22.7 Å². The summed E-state index contributed by atoms with van der Waals surface area (Å²) in [5, 5.41) is 9.43. The molecule has 9 heteroatoms. The number of carbonyl (C=O) groups is 3. The van der Waals surface area contributed by atoms with Crippen molar-refractivity contribution in [2.24, 2.45) is 0 Å². The van der Waals surface area contributed by atoms with E-state index in [0.717, 1.165) is 73.5 Å². The molecule has 2 aliphatic carbocycles. The summed E-state index contributed by atoms with van der Waals surface area (Å²) in [5.74, 6) is -1.41. The Labute approximate surface area is 245 Å². The SMILES string of the molecule is Cc1sc(C(=O)O)cc1C1=C(c2cc(C(=O)NNC(=O)OCC3c4ccccc4-c4ccccc43)sc2C)CCC1. The molecular weight excluding hydrogens is 556 g/mol. The molecule has 41 heavy (non-hydrogen) atoms. The number of ether oxygens (including phenoxy) is 1. The molecule has 0 fully saturated rings. The zero-order chi connectivity index (χ0) is 28.7. The van der Waals surface area contributed by atoms with Gasteiger partial charge in [-0.2, -0.15) is 0 Å². The molecule has 0 saturated heterocycles. The number of carboxylic acids is 1. The summed E-state index contributed by atoms with van der Waals surface area (Å²) in [6, 6.07) is 19.8. The van der Waals surface area contributed by atoms with Crippen molar-refractivity contribution in [2.75, 3.05) is 6.61 Å². The number of aryl methyl sites for hydroxylation is 2. The number of aromatic carboxylic acids is 1. The summed E-state index contributed by atoms with van der Waals surface area (Å²) in [5.41, 5.74) is 13.7. The Morgan fingerprint density at radius 2 is 1.34 bits per heavy atom. The Morgan fingerprint density at radius 1 is 0.805 bits per heavy atom. The van der Waals surface area contributed by atoms with Gasteiger partial charge in [-0.1, -0.05) is 48.5 Å². The molecule has 6 rings (SSSR count). The first kappa shape index (κ1) is 27.0. The van der Waals surface area contributed by atoms with E-state index in [-0.39, 0.29) is 12.5 Å². The fraction of sp³-hybridized carbons (Fsp3) is 0.219. The fourth-order valence-corrected chi connectivity index (χ4v) is 7.75. The molecule has 2 amide bonds. The van der Waals surface area contributed by atoms with E-state index in [2.05, 4.69) is 35.1 Å². The van der Waals surface area contributed by atoms with Crippen LogP contribution in [0, 0.1) is 13.8 Å². The third kappa shape index (κ3) is 5.07. The number of fused-ring (bicyclic) bond motifs is 3. The monoisotopic (exact) mass is 584 g/mol. The summed E-state index contributed by atoms with van der Waals surface area (Å²) < 4.78 is 5.52. The smallest absolute Gasteiger partial charge is 0.426 e. The molecule has 0 atom stereocenters. The van der Waals surface area contributed by atoms with Gasteiger partial charge in [0.2, 0.25) is 0 Å². The lowest BCUT2D eigenvalue weighted by Gasteiger charge is -2.14. The van der Waals surface area contributed by atoms with E-state index < -0.39 is 18.0 Å². The zero-order valence-electron chi connectivity index (χ0n) is 22.6. The Morgan fingerprint density at radius 3 is 1.90 bits per heavy atom. The van der Waals surface area contributed by atoms with Crippen LogP contribution in [0.2, 0.25) is 0 Å². The standard InChI is InChI=1S/C32H28N2O5S2/c1-17-25(21-12-7-13-22(21)26-15-29(31(36)37)41-18(26)2)14-28(40-17)30(35)33-34-32(38)39-16-27-23-10-5-3-8-19(23)20-9-4-6-11-24(20)27/h3-6,8-11,14-15,27H,7,12-13,16H2,1-2H3,(H,33,35)(H,34,38)(H,36,37). The number of benzene rings is 2. The first-order valence-electron chi connectivity index (χ1n) is 13.4. The topological polar surface area (TPSA) is 105 Å². The van der Waals surface area contributed by atoms with Gasteiger partial charge in [-0.15, -0.1) is 22.7 Å². The maximum absolute atomic E-state index is 13.0. The second-order valence-electron chi connectivity index (χ2n) is 10.2. The maximum Gasteiger partial charge on any atom is 0.426 e.